The van der Waals surface area contributed by atoms with E-state index in [2.05, 4.69) is 0 Å². The van der Waals surface area contributed by atoms with Gasteiger partial charge in [0.15, 0.2) is 9.84 Å². The van der Waals surface area contributed by atoms with Crippen molar-refractivity contribution in [1.82, 2.24) is 0 Å². The Bertz CT molecular complexity index is 1170. The third kappa shape index (κ3) is 4.29. The van der Waals surface area contributed by atoms with Crippen LogP contribution in [0.1, 0.15) is 37.8 Å². The van der Waals surface area contributed by atoms with Crippen LogP contribution >= 0.6 is 23.2 Å². The molecule has 1 aliphatic rings. The lowest BCUT2D eigenvalue weighted by molar-refractivity contribution is -0.210. The van der Waals surface area contributed by atoms with Crippen molar-refractivity contribution >= 4 is 56.1 Å². The summed E-state index contributed by atoms with van der Waals surface area (Å²) in [4.78, 5) is 24.6. The molecular formula is C23H22Cl2O6S. The molecule has 0 heterocycles. The molecule has 0 N–H and O–H groups in total. The molecule has 3 rings (SSSR count). The number of ether oxygens (including phenoxy) is 2. The summed E-state index contributed by atoms with van der Waals surface area (Å²) in [6.07, 6.45) is 1.69. The average Bonchev–Trinajstić information content (AvgIpc) is 2.71. The molecule has 170 valence electrons. The number of hydrogen-bond acceptors (Lipinski definition) is 6. The second-order valence-corrected chi connectivity index (χ2v) is 10.8. The lowest BCUT2D eigenvalue weighted by Crippen LogP contribution is -2.61. The van der Waals surface area contributed by atoms with Gasteiger partial charge in [0.2, 0.25) is 4.33 Å². The number of carbonyl (C=O) groups excluding carboxylic acids is 2. The van der Waals surface area contributed by atoms with Gasteiger partial charge in [0.1, 0.15) is 0 Å². The van der Waals surface area contributed by atoms with Gasteiger partial charge in [-0.25, -0.2) is 8.42 Å². The molecule has 0 spiro atoms. The van der Waals surface area contributed by atoms with Gasteiger partial charge in [0.05, 0.1) is 10.5 Å². The van der Waals surface area contributed by atoms with Crippen LogP contribution in [0, 0.1) is 0 Å². The average molecular weight is 497 g/mol. The minimum atomic E-state index is -3.41. The predicted molar refractivity (Wildman–Crippen MR) is 123 cm³/mol. The fourth-order valence-corrected chi connectivity index (χ4v) is 4.96. The minimum Gasteiger partial charge on any atom is -0.415 e. The molecule has 0 saturated heterocycles. The summed E-state index contributed by atoms with van der Waals surface area (Å²) in [5, 5.41) is 0. The topological polar surface area (TPSA) is 86.7 Å². The third-order valence-electron chi connectivity index (χ3n) is 4.94. The smallest absolute Gasteiger partial charge is 0.321 e. The van der Waals surface area contributed by atoms with Crippen molar-refractivity contribution in [3.8, 4) is 0 Å². The fraction of sp³-hybridized carbons (Fsp3) is 0.304. The van der Waals surface area contributed by atoms with E-state index >= 15 is 0 Å². The highest BCUT2D eigenvalue weighted by Gasteiger charge is 2.71. The Kier molecular flexibility index (Phi) is 6.75. The number of hydrogen-bond donors (Lipinski definition) is 0. The zero-order valence-corrected chi connectivity index (χ0v) is 20.1. The number of sulfone groups is 1. The molecule has 32 heavy (non-hydrogen) atoms. The number of rotatable bonds is 7. The highest BCUT2D eigenvalue weighted by atomic mass is 35.5. The van der Waals surface area contributed by atoms with E-state index in [1.54, 1.807) is 49.4 Å². The standard InChI is InChI=1S/C23H22Cl2O6S/c1-4-8-19(27)31-23(30-15(2)26)21(16-9-6-5-7-10-16)20(22(23,24)25)17-11-13-18(14-12-17)32(3,28)29/h5-7,9-14H,4,8H2,1-3H3. The van der Waals surface area contributed by atoms with Gasteiger partial charge in [-0.05, 0) is 29.7 Å². The quantitative estimate of drug-likeness (QED) is 0.311. The van der Waals surface area contributed by atoms with Crippen LogP contribution in [-0.4, -0.2) is 36.7 Å². The minimum absolute atomic E-state index is 0.0767. The number of alkyl halides is 2. The van der Waals surface area contributed by atoms with Gasteiger partial charge in [-0.15, -0.1) is 0 Å². The first-order valence-electron chi connectivity index (χ1n) is 9.84. The normalized spacial score (nSPS) is 19.8. The van der Waals surface area contributed by atoms with E-state index in [1.165, 1.54) is 19.1 Å². The Labute approximate surface area is 197 Å². The molecule has 0 bridgehead atoms. The molecule has 0 aliphatic heterocycles. The molecule has 2 aromatic rings. The van der Waals surface area contributed by atoms with E-state index in [9.17, 15) is 18.0 Å². The van der Waals surface area contributed by atoms with Gasteiger partial charge in [0.25, 0.3) is 0 Å². The molecule has 1 atom stereocenters. The van der Waals surface area contributed by atoms with E-state index in [0.29, 0.717) is 28.7 Å². The van der Waals surface area contributed by atoms with Crippen LogP contribution in [0.25, 0.3) is 11.1 Å². The second-order valence-electron chi connectivity index (χ2n) is 7.42. The van der Waals surface area contributed by atoms with Gasteiger partial charge in [0, 0.05) is 25.2 Å². The monoisotopic (exact) mass is 496 g/mol. The molecule has 6 nitrogen and oxygen atoms in total. The SMILES string of the molecule is CCCC(=O)OC1(OC(C)=O)C(c2ccccc2)=C(c2ccc(S(C)(=O)=O)cc2)C1(Cl)Cl. The van der Waals surface area contributed by atoms with Crippen molar-refractivity contribution in [2.45, 2.75) is 41.7 Å². The molecule has 0 aromatic heterocycles. The maximum Gasteiger partial charge on any atom is 0.321 e. The van der Waals surface area contributed by atoms with Crippen molar-refractivity contribution in [1.29, 1.82) is 0 Å². The summed E-state index contributed by atoms with van der Waals surface area (Å²) in [7, 11) is -3.41. The molecule has 2 aromatic carbocycles. The van der Waals surface area contributed by atoms with Gasteiger partial charge < -0.3 is 9.47 Å². The third-order valence-corrected chi connectivity index (χ3v) is 6.94. The first-order chi connectivity index (χ1) is 14.9. The van der Waals surface area contributed by atoms with Crippen molar-refractivity contribution in [3.05, 3.63) is 65.7 Å². The maximum atomic E-state index is 12.5. The van der Waals surface area contributed by atoms with Crippen molar-refractivity contribution < 1.29 is 27.5 Å². The maximum absolute atomic E-state index is 12.5. The van der Waals surface area contributed by atoms with Crippen molar-refractivity contribution in [3.63, 3.8) is 0 Å². The summed E-state index contributed by atoms with van der Waals surface area (Å²) in [6, 6.07) is 14.8. The molecule has 0 radical (unpaired) electrons. The predicted octanol–water partition coefficient (Wildman–Crippen LogP) is 4.79. The lowest BCUT2D eigenvalue weighted by atomic mass is 9.73. The van der Waals surface area contributed by atoms with Crippen molar-refractivity contribution in [2.24, 2.45) is 0 Å². The number of halogens is 2. The van der Waals surface area contributed by atoms with Crippen molar-refractivity contribution in [2.75, 3.05) is 6.26 Å². The molecular weight excluding hydrogens is 475 g/mol. The first kappa shape index (κ1) is 24.3. The van der Waals surface area contributed by atoms with E-state index in [4.69, 9.17) is 32.7 Å². The van der Waals surface area contributed by atoms with Gasteiger partial charge in [-0.3, -0.25) is 9.59 Å². The van der Waals surface area contributed by atoms with E-state index in [1.807, 2.05) is 0 Å². The largest absolute Gasteiger partial charge is 0.415 e. The number of esters is 2. The zero-order valence-electron chi connectivity index (χ0n) is 17.7. The Morgan fingerprint density at radius 2 is 1.47 bits per heavy atom. The Hall–Kier alpha value is -2.35. The summed E-state index contributed by atoms with van der Waals surface area (Å²) in [5.74, 6) is -3.43. The Morgan fingerprint density at radius 3 is 1.97 bits per heavy atom. The lowest BCUT2D eigenvalue weighted by Gasteiger charge is -2.52. The molecule has 0 fully saturated rings. The van der Waals surface area contributed by atoms with Gasteiger partial charge >= 0.3 is 17.7 Å². The fourth-order valence-electron chi connectivity index (χ4n) is 3.58. The van der Waals surface area contributed by atoms with Gasteiger partial charge in [-0.1, -0.05) is 72.6 Å². The zero-order chi connectivity index (χ0) is 23.7. The summed E-state index contributed by atoms with van der Waals surface area (Å²) >= 11 is 13.5. The van der Waals surface area contributed by atoms with Gasteiger partial charge in [-0.2, -0.15) is 0 Å². The van der Waals surface area contributed by atoms with E-state index < -0.39 is 31.9 Å². The molecule has 0 saturated carbocycles. The van der Waals surface area contributed by atoms with E-state index in [-0.39, 0.29) is 11.3 Å². The number of benzene rings is 2. The Morgan fingerprint density at radius 1 is 0.906 bits per heavy atom. The summed E-state index contributed by atoms with van der Waals surface area (Å²) < 4.78 is 32.9. The van der Waals surface area contributed by atoms with Crippen LogP contribution in [0.3, 0.4) is 0 Å². The number of carbonyl (C=O) groups is 2. The second kappa shape index (κ2) is 8.89. The first-order valence-corrected chi connectivity index (χ1v) is 12.5. The summed E-state index contributed by atoms with van der Waals surface area (Å²) in [6.45, 7) is 2.97. The molecule has 9 heteroatoms. The van der Waals surface area contributed by atoms with Crippen LogP contribution in [-0.2, 0) is 28.9 Å². The van der Waals surface area contributed by atoms with Crippen LogP contribution < -0.4 is 0 Å². The highest BCUT2D eigenvalue weighted by molar-refractivity contribution is 7.90. The summed E-state index contributed by atoms with van der Waals surface area (Å²) in [5.41, 5.74) is 1.74. The van der Waals surface area contributed by atoms with Crippen LogP contribution in [0.2, 0.25) is 0 Å². The van der Waals surface area contributed by atoms with E-state index in [0.717, 1.165) is 6.26 Å². The Balaban J connectivity index is 2.27. The molecule has 0 amide bonds. The molecule has 1 unspecified atom stereocenters. The van der Waals surface area contributed by atoms with Crippen LogP contribution in [0.5, 0.6) is 0 Å². The highest BCUT2D eigenvalue weighted by Crippen LogP contribution is 2.65. The van der Waals surface area contributed by atoms with Crippen LogP contribution in [0.15, 0.2) is 59.5 Å². The molecule has 1 aliphatic carbocycles. The van der Waals surface area contributed by atoms with Crippen LogP contribution in [0.4, 0.5) is 0 Å².